The van der Waals surface area contributed by atoms with Gasteiger partial charge in [-0.2, -0.15) is 10.2 Å². The van der Waals surface area contributed by atoms with E-state index in [2.05, 4.69) is 35.9 Å². The van der Waals surface area contributed by atoms with E-state index >= 15 is 0 Å². The van der Waals surface area contributed by atoms with Crippen molar-refractivity contribution in [3.05, 3.63) is 64.5 Å². The molecule has 0 aromatic carbocycles. The quantitative estimate of drug-likeness (QED) is 0.605. The van der Waals surface area contributed by atoms with Crippen molar-refractivity contribution in [3.63, 3.8) is 0 Å². The fourth-order valence-corrected chi connectivity index (χ4v) is 4.54. The lowest BCUT2D eigenvalue weighted by atomic mass is 10.1. The van der Waals surface area contributed by atoms with E-state index in [4.69, 9.17) is 0 Å². The van der Waals surface area contributed by atoms with Gasteiger partial charge in [-0.15, -0.1) is 0 Å². The summed E-state index contributed by atoms with van der Waals surface area (Å²) in [5.41, 5.74) is 4.48. The Labute approximate surface area is 182 Å². The highest BCUT2D eigenvalue weighted by atomic mass is 16.1. The third kappa shape index (κ3) is 4.60. The van der Waals surface area contributed by atoms with E-state index in [9.17, 15) is 4.79 Å². The lowest BCUT2D eigenvalue weighted by Gasteiger charge is -2.34. The molecule has 1 fully saturated rings. The Hall–Kier alpha value is -2.84. The minimum atomic E-state index is -0.0581. The Kier molecular flexibility index (Phi) is 5.90. The maximum atomic E-state index is 12.3. The third-order valence-electron chi connectivity index (χ3n) is 6.38. The predicted molar refractivity (Wildman–Crippen MR) is 119 cm³/mol. The van der Waals surface area contributed by atoms with Gasteiger partial charge in [0.2, 0.25) is 0 Å². The van der Waals surface area contributed by atoms with E-state index in [0.717, 1.165) is 63.5 Å². The van der Waals surface area contributed by atoms with Crippen LogP contribution in [-0.4, -0.2) is 67.1 Å². The average Bonchev–Trinajstić information content (AvgIpc) is 3.23. The molecule has 3 aromatic heterocycles. The number of hydrogen-bond acceptors (Lipinski definition) is 6. The zero-order valence-corrected chi connectivity index (χ0v) is 17.9. The summed E-state index contributed by atoms with van der Waals surface area (Å²) in [7, 11) is 0. The highest BCUT2D eigenvalue weighted by Gasteiger charge is 2.21. The van der Waals surface area contributed by atoms with Gasteiger partial charge < -0.3 is 0 Å². The van der Waals surface area contributed by atoms with Crippen molar-refractivity contribution >= 4 is 0 Å². The second-order valence-corrected chi connectivity index (χ2v) is 8.44. The summed E-state index contributed by atoms with van der Waals surface area (Å²) in [6, 6.07) is 7.21. The highest BCUT2D eigenvalue weighted by Crippen LogP contribution is 2.20. The van der Waals surface area contributed by atoms with Gasteiger partial charge in [0.1, 0.15) is 0 Å². The Morgan fingerprint density at radius 3 is 2.61 bits per heavy atom. The number of piperazine rings is 1. The molecule has 0 aliphatic carbocycles. The topological polar surface area (TPSA) is 72.1 Å². The first-order valence-corrected chi connectivity index (χ1v) is 11.2. The largest absolute Gasteiger partial charge is 0.299 e. The molecule has 0 atom stereocenters. The Morgan fingerprint density at radius 2 is 1.77 bits per heavy atom. The summed E-state index contributed by atoms with van der Waals surface area (Å²) in [6.07, 6.45) is 9.27. The summed E-state index contributed by atoms with van der Waals surface area (Å²) in [4.78, 5) is 21.4. The van der Waals surface area contributed by atoms with Crippen LogP contribution in [-0.2, 0) is 26.1 Å². The van der Waals surface area contributed by atoms with Crippen molar-refractivity contribution in [3.8, 4) is 11.3 Å². The van der Waals surface area contributed by atoms with Crippen LogP contribution in [0.1, 0.15) is 24.1 Å². The number of aryl methyl sites for hydroxylation is 1. The minimum absolute atomic E-state index is 0.0581. The molecule has 2 aliphatic rings. The molecule has 31 heavy (non-hydrogen) atoms. The van der Waals surface area contributed by atoms with Gasteiger partial charge in [-0.1, -0.05) is 0 Å². The zero-order chi connectivity index (χ0) is 21.0. The average molecular weight is 420 g/mol. The van der Waals surface area contributed by atoms with Crippen molar-refractivity contribution in [2.45, 2.75) is 38.9 Å². The Balaban J connectivity index is 1.15. The lowest BCUT2D eigenvalue weighted by molar-refractivity contribution is 0.122. The molecular formula is C23H29N7O. The number of nitrogens with zero attached hydrogens (tertiary/aromatic N) is 7. The van der Waals surface area contributed by atoms with E-state index < -0.39 is 0 Å². The van der Waals surface area contributed by atoms with E-state index in [1.54, 1.807) is 29.2 Å². The first-order valence-electron chi connectivity index (χ1n) is 11.2. The number of fused-ring (bicyclic) bond motifs is 1. The van der Waals surface area contributed by atoms with Gasteiger partial charge in [-0.25, -0.2) is 4.68 Å². The SMILES string of the molecule is O=c1ccc(-c2cccnc2)nn1CCN1CCN(Cc2cnn3c2CCCC3)CC1. The van der Waals surface area contributed by atoms with Crippen LogP contribution in [0, 0.1) is 0 Å². The molecule has 0 amide bonds. The number of pyridine rings is 1. The van der Waals surface area contributed by atoms with Crippen LogP contribution < -0.4 is 5.56 Å². The van der Waals surface area contributed by atoms with Crippen molar-refractivity contribution in [1.82, 2.24) is 34.3 Å². The monoisotopic (exact) mass is 419 g/mol. The predicted octanol–water partition coefficient (Wildman–Crippen LogP) is 1.66. The van der Waals surface area contributed by atoms with E-state index in [-0.39, 0.29) is 5.56 Å². The molecule has 5 heterocycles. The van der Waals surface area contributed by atoms with E-state index in [1.165, 1.54) is 24.1 Å². The molecule has 8 heteroatoms. The second-order valence-electron chi connectivity index (χ2n) is 8.44. The first-order chi connectivity index (χ1) is 15.3. The molecule has 0 spiro atoms. The van der Waals surface area contributed by atoms with Crippen LogP contribution in [0.4, 0.5) is 0 Å². The van der Waals surface area contributed by atoms with Crippen molar-refractivity contribution < 1.29 is 0 Å². The van der Waals surface area contributed by atoms with E-state index in [0.29, 0.717) is 6.54 Å². The van der Waals surface area contributed by atoms with Gasteiger partial charge in [0.25, 0.3) is 5.56 Å². The summed E-state index contributed by atoms with van der Waals surface area (Å²) >= 11 is 0. The van der Waals surface area contributed by atoms with Gasteiger partial charge in [0.15, 0.2) is 0 Å². The van der Waals surface area contributed by atoms with Crippen LogP contribution in [0.2, 0.25) is 0 Å². The summed E-state index contributed by atoms with van der Waals surface area (Å²) in [6.45, 7) is 7.62. The molecule has 162 valence electrons. The maximum absolute atomic E-state index is 12.3. The summed E-state index contributed by atoms with van der Waals surface area (Å²) in [5.74, 6) is 0. The standard InChI is InChI=1S/C23H29N7O/c31-23-7-6-21(19-4-3-8-24-16-19)26-30(23)15-14-27-10-12-28(13-11-27)18-20-17-25-29-9-2-1-5-22(20)29/h3-4,6-8,16-17H,1-2,5,9-15,18H2. The zero-order valence-electron chi connectivity index (χ0n) is 17.9. The van der Waals surface area contributed by atoms with Gasteiger partial charge in [-0.05, 0) is 37.5 Å². The second kappa shape index (κ2) is 9.11. The van der Waals surface area contributed by atoms with Crippen molar-refractivity contribution in [1.29, 1.82) is 0 Å². The molecule has 8 nitrogen and oxygen atoms in total. The molecule has 2 aliphatic heterocycles. The Bertz CT molecular complexity index is 1070. The van der Waals surface area contributed by atoms with E-state index in [1.807, 2.05) is 12.1 Å². The van der Waals surface area contributed by atoms with Gasteiger partial charge >= 0.3 is 0 Å². The molecule has 0 saturated carbocycles. The van der Waals surface area contributed by atoms with Crippen LogP contribution >= 0.6 is 0 Å². The molecule has 0 bridgehead atoms. The molecule has 0 radical (unpaired) electrons. The normalized spacial score (nSPS) is 17.5. The third-order valence-corrected chi connectivity index (χ3v) is 6.38. The van der Waals surface area contributed by atoms with Crippen molar-refractivity contribution in [2.75, 3.05) is 32.7 Å². The molecule has 3 aromatic rings. The summed E-state index contributed by atoms with van der Waals surface area (Å²) < 4.78 is 3.77. The molecule has 5 rings (SSSR count). The summed E-state index contributed by atoms with van der Waals surface area (Å²) in [5, 5.41) is 9.12. The molecule has 0 N–H and O–H groups in total. The fraction of sp³-hybridized carbons (Fsp3) is 0.478. The van der Waals surface area contributed by atoms with Crippen molar-refractivity contribution in [2.24, 2.45) is 0 Å². The molecular weight excluding hydrogens is 390 g/mol. The number of hydrogen-bond donors (Lipinski definition) is 0. The molecule has 1 saturated heterocycles. The lowest BCUT2D eigenvalue weighted by Crippen LogP contribution is -2.47. The number of rotatable bonds is 6. The van der Waals surface area contributed by atoms with Gasteiger partial charge in [0.05, 0.1) is 18.4 Å². The van der Waals surface area contributed by atoms with Crippen LogP contribution in [0.5, 0.6) is 0 Å². The highest BCUT2D eigenvalue weighted by molar-refractivity contribution is 5.56. The van der Waals surface area contributed by atoms with Crippen LogP contribution in [0.3, 0.4) is 0 Å². The van der Waals surface area contributed by atoms with Crippen LogP contribution in [0.25, 0.3) is 11.3 Å². The van der Waals surface area contributed by atoms with Crippen LogP contribution in [0.15, 0.2) is 47.7 Å². The number of aromatic nitrogens is 5. The van der Waals surface area contributed by atoms with Gasteiger partial charge in [0, 0.05) is 81.1 Å². The fourth-order valence-electron chi connectivity index (χ4n) is 4.54. The smallest absolute Gasteiger partial charge is 0.266 e. The minimum Gasteiger partial charge on any atom is -0.299 e. The van der Waals surface area contributed by atoms with Gasteiger partial charge in [-0.3, -0.25) is 24.3 Å². The maximum Gasteiger partial charge on any atom is 0.266 e. The first kappa shape index (κ1) is 20.1. The Morgan fingerprint density at radius 1 is 0.903 bits per heavy atom. The molecule has 0 unspecified atom stereocenters.